The summed E-state index contributed by atoms with van der Waals surface area (Å²) in [5, 5.41) is 7.02. The summed E-state index contributed by atoms with van der Waals surface area (Å²) < 4.78 is 5.23. The van der Waals surface area contributed by atoms with E-state index in [9.17, 15) is 4.79 Å². The average molecular weight is 343 g/mol. The summed E-state index contributed by atoms with van der Waals surface area (Å²) in [6.45, 7) is 0.698. The van der Waals surface area contributed by atoms with Crippen molar-refractivity contribution in [1.29, 1.82) is 0 Å². The summed E-state index contributed by atoms with van der Waals surface area (Å²) in [7, 11) is 4.19. The van der Waals surface area contributed by atoms with Gasteiger partial charge in [0.15, 0.2) is 0 Å². The SMILES string of the molecule is CN(C)C1(CNC(=O)CCc2nc(-c3cccnc3)no2)CCCC1. The van der Waals surface area contributed by atoms with Crippen LogP contribution in [0.5, 0.6) is 0 Å². The maximum absolute atomic E-state index is 12.2. The van der Waals surface area contributed by atoms with Gasteiger partial charge in [-0.2, -0.15) is 4.98 Å². The van der Waals surface area contributed by atoms with Crippen LogP contribution in [0.1, 0.15) is 38.0 Å². The zero-order valence-electron chi connectivity index (χ0n) is 14.9. The van der Waals surface area contributed by atoms with Gasteiger partial charge in [0.25, 0.3) is 0 Å². The van der Waals surface area contributed by atoms with Crippen molar-refractivity contribution in [3.8, 4) is 11.4 Å². The maximum atomic E-state index is 12.2. The van der Waals surface area contributed by atoms with Crippen molar-refractivity contribution in [1.82, 2.24) is 25.3 Å². The van der Waals surface area contributed by atoms with Crippen LogP contribution in [0.25, 0.3) is 11.4 Å². The summed E-state index contributed by atoms with van der Waals surface area (Å²) in [5.41, 5.74) is 0.907. The highest BCUT2D eigenvalue weighted by molar-refractivity contribution is 5.76. The number of carbonyl (C=O) groups is 1. The molecule has 25 heavy (non-hydrogen) atoms. The molecule has 2 aromatic heterocycles. The fourth-order valence-corrected chi connectivity index (χ4v) is 3.36. The van der Waals surface area contributed by atoms with E-state index in [0.29, 0.717) is 31.1 Å². The Labute approximate surface area is 147 Å². The molecule has 0 atom stereocenters. The second-order valence-electron chi connectivity index (χ2n) is 6.86. The first-order valence-corrected chi connectivity index (χ1v) is 8.76. The number of nitrogens with one attached hydrogen (secondary N) is 1. The van der Waals surface area contributed by atoms with Gasteiger partial charge in [0.1, 0.15) is 0 Å². The van der Waals surface area contributed by atoms with E-state index >= 15 is 0 Å². The van der Waals surface area contributed by atoms with Gasteiger partial charge in [-0.15, -0.1) is 0 Å². The molecule has 0 bridgehead atoms. The number of aromatic nitrogens is 3. The molecule has 2 aromatic rings. The summed E-state index contributed by atoms with van der Waals surface area (Å²) in [5.74, 6) is 0.993. The van der Waals surface area contributed by atoms with Gasteiger partial charge >= 0.3 is 0 Å². The van der Waals surface area contributed by atoms with Gasteiger partial charge in [-0.3, -0.25) is 9.78 Å². The predicted octanol–water partition coefficient (Wildman–Crippen LogP) is 2.05. The largest absolute Gasteiger partial charge is 0.354 e. The number of carbonyl (C=O) groups excluding carboxylic acids is 1. The van der Waals surface area contributed by atoms with E-state index in [4.69, 9.17) is 4.52 Å². The number of hydrogen-bond donors (Lipinski definition) is 1. The van der Waals surface area contributed by atoms with Crippen LogP contribution in [-0.2, 0) is 11.2 Å². The Kier molecular flexibility index (Phi) is 5.43. The molecule has 7 heteroatoms. The fraction of sp³-hybridized carbons (Fsp3) is 0.556. The smallest absolute Gasteiger partial charge is 0.227 e. The number of pyridine rings is 1. The fourth-order valence-electron chi connectivity index (χ4n) is 3.36. The number of nitrogens with zero attached hydrogens (tertiary/aromatic N) is 4. The summed E-state index contributed by atoms with van der Waals surface area (Å²) in [6, 6.07) is 3.69. The zero-order chi connectivity index (χ0) is 17.7. The first-order valence-electron chi connectivity index (χ1n) is 8.76. The van der Waals surface area contributed by atoms with Crippen LogP contribution in [0.4, 0.5) is 0 Å². The lowest BCUT2D eigenvalue weighted by Gasteiger charge is -2.36. The first kappa shape index (κ1) is 17.5. The number of hydrogen-bond acceptors (Lipinski definition) is 6. The third-order valence-electron chi connectivity index (χ3n) is 5.05. The van der Waals surface area contributed by atoms with E-state index in [0.717, 1.165) is 18.4 Å². The molecule has 0 saturated heterocycles. The predicted molar refractivity (Wildman–Crippen MR) is 93.7 cm³/mol. The molecule has 0 aliphatic heterocycles. The summed E-state index contributed by atoms with van der Waals surface area (Å²) in [4.78, 5) is 22.8. The topological polar surface area (TPSA) is 84.2 Å². The average Bonchev–Trinajstić information content (AvgIpc) is 3.29. The molecule has 1 fully saturated rings. The van der Waals surface area contributed by atoms with E-state index in [1.165, 1.54) is 12.8 Å². The van der Waals surface area contributed by atoms with Crippen molar-refractivity contribution >= 4 is 5.91 Å². The molecule has 1 amide bonds. The van der Waals surface area contributed by atoms with Crippen LogP contribution < -0.4 is 5.32 Å². The van der Waals surface area contributed by atoms with Crippen molar-refractivity contribution in [2.75, 3.05) is 20.6 Å². The van der Waals surface area contributed by atoms with Gasteiger partial charge in [0.2, 0.25) is 17.6 Å². The Morgan fingerprint density at radius 3 is 2.84 bits per heavy atom. The second kappa shape index (κ2) is 7.74. The van der Waals surface area contributed by atoms with Crippen molar-refractivity contribution in [2.24, 2.45) is 0 Å². The van der Waals surface area contributed by atoms with Gasteiger partial charge in [-0.05, 0) is 39.1 Å². The van der Waals surface area contributed by atoms with Crippen LogP contribution in [0.2, 0.25) is 0 Å². The number of amides is 1. The van der Waals surface area contributed by atoms with Gasteiger partial charge in [-0.1, -0.05) is 18.0 Å². The van der Waals surface area contributed by atoms with E-state index in [1.807, 2.05) is 12.1 Å². The molecule has 2 heterocycles. The lowest BCUT2D eigenvalue weighted by molar-refractivity contribution is -0.121. The highest BCUT2D eigenvalue weighted by Crippen LogP contribution is 2.33. The van der Waals surface area contributed by atoms with Crippen molar-refractivity contribution in [3.63, 3.8) is 0 Å². The molecular weight excluding hydrogens is 318 g/mol. The molecule has 134 valence electrons. The minimum absolute atomic E-state index is 0.0225. The van der Waals surface area contributed by atoms with Crippen LogP contribution >= 0.6 is 0 Å². The lowest BCUT2D eigenvalue weighted by atomic mass is 9.96. The van der Waals surface area contributed by atoms with Gasteiger partial charge in [0, 0.05) is 42.9 Å². The quantitative estimate of drug-likeness (QED) is 0.828. The van der Waals surface area contributed by atoms with Crippen LogP contribution in [0.3, 0.4) is 0 Å². The summed E-state index contributed by atoms with van der Waals surface area (Å²) in [6.07, 6.45) is 8.90. The number of likely N-dealkylation sites (N-methyl/N-ethyl adjacent to an activating group) is 1. The summed E-state index contributed by atoms with van der Waals surface area (Å²) >= 11 is 0. The minimum atomic E-state index is 0.0225. The van der Waals surface area contributed by atoms with E-state index in [2.05, 4.69) is 39.4 Å². The molecule has 0 aromatic carbocycles. The van der Waals surface area contributed by atoms with Crippen LogP contribution in [0, 0.1) is 0 Å². The Hall–Kier alpha value is -2.28. The number of rotatable bonds is 7. The third-order valence-corrected chi connectivity index (χ3v) is 5.05. The van der Waals surface area contributed by atoms with Gasteiger partial charge in [0.05, 0.1) is 0 Å². The monoisotopic (exact) mass is 343 g/mol. The van der Waals surface area contributed by atoms with E-state index in [-0.39, 0.29) is 11.4 Å². The highest BCUT2D eigenvalue weighted by atomic mass is 16.5. The van der Waals surface area contributed by atoms with Crippen molar-refractivity contribution in [2.45, 2.75) is 44.1 Å². The molecule has 0 unspecified atom stereocenters. The Balaban J connectivity index is 1.49. The Morgan fingerprint density at radius 2 is 2.16 bits per heavy atom. The molecule has 7 nitrogen and oxygen atoms in total. The number of aryl methyl sites for hydroxylation is 1. The second-order valence-corrected chi connectivity index (χ2v) is 6.86. The van der Waals surface area contributed by atoms with Crippen LogP contribution in [0.15, 0.2) is 29.0 Å². The zero-order valence-corrected chi connectivity index (χ0v) is 14.9. The molecule has 3 rings (SSSR count). The minimum Gasteiger partial charge on any atom is -0.354 e. The van der Waals surface area contributed by atoms with Gasteiger partial charge in [-0.25, -0.2) is 0 Å². The maximum Gasteiger partial charge on any atom is 0.227 e. The molecule has 1 saturated carbocycles. The molecule has 1 aliphatic carbocycles. The van der Waals surface area contributed by atoms with Crippen molar-refractivity contribution < 1.29 is 9.32 Å². The Morgan fingerprint density at radius 1 is 1.36 bits per heavy atom. The molecule has 0 radical (unpaired) electrons. The molecule has 1 aliphatic rings. The van der Waals surface area contributed by atoms with Crippen molar-refractivity contribution in [3.05, 3.63) is 30.4 Å². The van der Waals surface area contributed by atoms with Gasteiger partial charge < -0.3 is 14.7 Å². The van der Waals surface area contributed by atoms with Crippen LogP contribution in [-0.4, -0.2) is 52.1 Å². The molecule has 1 N–H and O–H groups in total. The normalized spacial score (nSPS) is 16.3. The standard InChI is InChI=1S/C18H25N5O2/c1-23(2)18(9-3-4-10-18)13-20-15(24)7-8-16-21-17(22-25-16)14-6-5-11-19-12-14/h5-6,11-12H,3-4,7-10,13H2,1-2H3,(H,20,24). The third kappa shape index (κ3) is 4.22. The van der Waals surface area contributed by atoms with E-state index < -0.39 is 0 Å². The molecular formula is C18H25N5O2. The lowest BCUT2D eigenvalue weighted by Crippen LogP contribution is -2.50. The highest BCUT2D eigenvalue weighted by Gasteiger charge is 2.36. The Bertz CT molecular complexity index is 693. The van der Waals surface area contributed by atoms with E-state index in [1.54, 1.807) is 12.4 Å². The first-order chi connectivity index (χ1) is 12.1. The molecule has 0 spiro atoms.